The molecular weight excluding hydrogens is 238 g/mol. The monoisotopic (exact) mass is 252 g/mol. The first-order valence-corrected chi connectivity index (χ1v) is 5.57. The molecular formula is C13H14F2N2O. The van der Waals surface area contributed by atoms with Gasteiger partial charge in [-0.2, -0.15) is 13.9 Å². The van der Waals surface area contributed by atoms with E-state index in [9.17, 15) is 8.78 Å². The number of halogens is 2. The largest absolute Gasteiger partial charge is 0.435 e. The number of ether oxygens (including phenoxy) is 1. The van der Waals surface area contributed by atoms with Crippen molar-refractivity contribution in [1.82, 2.24) is 9.78 Å². The van der Waals surface area contributed by atoms with Crippen LogP contribution < -0.4 is 4.74 Å². The van der Waals surface area contributed by atoms with Gasteiger partial charge in [-0.25, -0.2) is 4.68 Å². The minimum atomic E-state index is -2.80. The zero-order chi connectivity index (χ0) is 13.3. The van der Waals surface area contributed by atoms with E-state index in [0.29, 0.717) is 0 Å². The fourth-order valence-electron chi connectivity index (χ4n) is 1.74. The smallest absolute Gasteiger partial charge is 0.387 e. The normalized spacial score (nSPS) is 11.0. The predicted molar refractivity (Wildman–Crippen MR) is 64.4 cm³/mol. The van der Waals surface area contributed by atoms with Gasteiger partial charge >= 0.3 is 6.61 Å². The van der Waals surface area contributed by atoms with Crippen LogP contribution in [0.3, 0.4) is 0 Å². The van der Waals surface area contributed by atoms with Crippen molar-refractivity contribution in [2.75, 3.05) is 0 Å². The van der Waals surface area contributed by atoms with Crippen LogP contribution in [0.5, 0.6) is 5.75 Å². The first-order chi connectivity index (χ1) is 8.49. The molecule has 0 aliphatic carbocycles. The molecule has 1 aromatic carbocycles. The van der Waals surface area contributed by atoms with E-state index < -0.39 is 6.61 Å². The molecule has 5 heteroatoms. The Hall–Kier alpha value is -1.91. The molecule has 0 bridgehead atoms. The molecule has 1 aromatic heterocycles. The number of hydrogen-bond acceptors (Lipinski definition) is 2. The minimum Gasteiger partial charge on any atom is -0.435 e. The van der Waals surface area contributed by atoms with Crippen LogP contribution in [0.15, 0.2) is 24.3 Å². The summed E-state index contributed by atoms with van der Waals surface area (Å²) in [5, 5.41) is 4.40. The number of alkyl halides is 2. The Morgan fingerprint density at radius 2 is 1.72 bits per heavy atom. The fourth-order valence-corrected chi connectivity index (χ4v) is 1.74. The summed E-state index contributed by atoms with van der Waals surface area (Å²) in [5.74, 6) is 0.145. The zero-order valence-electron chi connectivity index (χ0n) is 10.4. The van der Waals surface area contributed by atoms with E-state index in [1.807, 2.05) is 20.8 Å². The van der Waals surface area contributed by atoms with E-state index in [1.165, 1.54) is 12.1 Å². The zero-order valence-corrected chi connectivity index (χ0v) is 10.4. The second-order valence-electron chi connectivity index (χ2n) is 4.08. The summed E-state index contributed by atoms with van der Waals surface area (Å²) in [6.45, 7) is 3.11. The Morgan fingerprint density at radius 3 is 2.17 bits per heavy atom. The van der Waals surface area contributed by atoms with Crippen molar-refractivity contribution in [3.05, 3.63) is 41.2 Å². The van der Waals surface area contributed by atoms with Gasteiger partial charge in [0.1, 0.15) is 5.75 Å². The topological polar surface area (TPSA) is 27.1 Å². The number of aromatic nitrogens is 2. The molecule has 3 nitrogen and oxygen atoms in total. The number of benzene rings is 1. The SMILES string of the molecule is Cc1nn(-c2ccc(OC(F)F)cc2)c(C)c1C. The molecule has 18 heavy (non-hydrogen) atoms. The average Bonchev–Trinajstić information content (AvgIpc) is 2.57. The summed E-state index contributed by atoms with van der Waals surface area (Å²) in [5.41, 5.74) is 3.95. The summed E-state index contributed by atoms with van der Waals surface area (Å²) in [4.78, 5) is 0. The van der Waals surface area contributed by atoms with Gasteiger partial charge in [-0.3, -0.25) is 0 Å². The molecule has 0 saturated heterocycles. The molecule has 0 aliphatic rings. The van der Waals surface area contributed by atoms with Crippen LogP contribution in [-0.4, -0.2) is 16.4 Å². The Bertz CT molecular complexity index is 547. The molecule has 2 aromatic rings. The molecule has 2 rings (SSSR count). The third-order valence-corrected chi connectivity index (χ3v) is 2.96. The van der Waals surface area contributed by atoms with Crippen LogP contribution in [0.25, 0.3) is 5.69 Å². The van der Waals surface area contributed by atoms with E-state index in [2.05, 4.69) is 9.84 Å². The first-order valence-electron chi connectivity index (χ1n) is 5.57. The maximum Gasteiger partial charge on any atom is 0.387 e. The van der Waals surface area contributed by atoms with Gasteiger partial charge in [-0.1, -0.05) is 0 Å². The third-order valence-electron chi connectivity index (χ3n) is 2.96. The fraction of sp³-hybridized carbons (Fsp3) is 0.308. The van der Waals surface area contributed by atoms with Gasteiger partial charge in [0.05, 0.1) is 11.4 Å². The number of aryl methyl sites for hydroxylation is 1. The van der Waals surface area contributed by atoms with E-state index in [-0.39, 0.29) is 5.75 Å². The van der Waals surface area contributed by atoms with Crippen molar-refractivity contribution >= 4 is 0 Å². The van der Waals surface area contributed by atoms with Crippen molar-refractivity contribution in [3.63, 3.8) is 0 Å². The molecule has 0 amide bonds. The quantitative estimate of drug-likeness (QED) is 0.837. The van der Waals surface area contributed by atoms with Gasteiger partial charge in [-0.15, -0.1) is 0 Å². The minimum absolute atomic E-state index is 0.145. The van der Waals surface area contributed by atoms with E-state index in [4.69, 9.17) is 0 Å². The standard InChI is InChI=1S/C13H14F2N2O/c1-8-9(2)16-17(10(8)3)11-4-6-12(7-5-11)18-13(14)15/h4-7,13H,1-3H3. The first kappa shape index (κ1) is 12.5. The van der Waals surface area contributed by atoms with Crippen LogP contribution in [0.1, 0.15) is 17.0 Å². The molecule has 0 aliphatic heterocycles. The molecule has 0 radical (unpaired) electrons. The second kappa shape index (κ2) is 4.76. The molecule has 0 fully saturated rings. The summed E-state index contributed by atoms with van der Waals surface area (Å²) >= 11 is 0. The summed E-state index contributed by atoms with van der Waals surface area (Å²) in [7, 11) is 0. The van der Waals surface area contributed by atoms with E-state index >= 15 is 0 Å². The van der Waals surface area contributed by atoms with Crippen LogP contribution in [0, 0.1) is 20.8 Å². The van der Waals surface area contributed by atoms with Gasteiger partial charge in [-0.05, 0) is 50.6 Å². The molecule has 0 unspecified atom stereocenters. The maximum absolute atomic E-state index is 12.0. The lowest BCUT2D eigenvalue weighted by Crippen LogP contribution is -2.03. The van der Waals surface area contributed by atoms with Crippen molar-refractivity contribution in [2.24, 2.45) is 0 Å². The van der Waals surface area contributed by atoms with Gasteiger partial charge in [0, 0.05) is 5.69 Å². The number of nitrogens with zero attached hydrogens (tertiary/aromatic N) is 2. The Morgan fingerprint density at radius 1 is 1.11 bits per heavy atom. The van der Waals surface area contributed by atoms with E-state index in [1.54, 1.807) is 16.8 Å². The highest BCUT2D eigenvalue weighted by Crippen LogP contribution is 2.20. The number of hydrogen-bond donors (Lipinski definition) is 0. The molecule has 1 heterocycles. The lowest BCUT2D eigenvalue weighted by Gasteiger charge is -2.07. The summed E-state index contributed by atoms with van der Waals surface area (Å²) < 4.78 is 30.1. The average molecular weight is 252 g/mol. The molecule has 0 saturated carbocycles. The van der Waals surface area contributed by atoms with Crippen LogP contribution >= 0.6 is 0 Å². The molecule has 0 spiro atoms. The molecule has 0 atom stereocenters. The third kappa shape index (κ3) is 2.34. The van der Waals surface area contributed by atoms with Gasteiger partial charge in [0.15, 0.2) is 0 Å². The van der Waals surface area contributed by atoms with Crippen LogP contribution in [-0.2, 0) is 0 Å². The second-order valence-corrected chi connectivity index (χ2v) is 4.08. The lowest BCUT2D eigenvalue weighted by atomic mass is 10.2. The highest BCUT2D eigenvalue weighted by atomic mass is 19.3. The predicted octanol–water partition coefficient (Wildman–Crippen LogP) is 3.40. The Kier molecular flexibility index (Phi) is 3.32. The van der Waals surface area contributed by atoms with E-state index in [0.717, 1.165) is 22.6 Å². The van der Waals surface area contributed by atoms with Crippen LogP contribution in [0.2, 0.25) is 0 Å². The van der Waals surface area contributed by atoms with Crippen molar-refractivity contribution < 1.29 is 13.5 Å². The Balaban J connectivity index is 2.31. The Labute approximate surface area is 104 Å². The van der Waals surface area contributed by atoms with Crippen molar-refractivity contribution in [2.45, 2.75) is 27.4 Å². The highest BCUT2D eigenvalue weighted by Gasteiger charge is 2.09. The van der Waals surface area contributed by atoms with Gasteiger partial charge in [0.2, 0.25) is 0 Å². The van der Waals surface area contributed by atoms with Gasteiger partial charge in [0.25, 0.3) is 0 Å². The summed E-state index contributed by atoms with van der Waals surface area (Å²) in [6.07, 6.45) is 0. The highest BCUT2D eigenvalue weighted by molar-refractivity contribution is 5.40. The van der Waals surface area contributed by atoms with Gasteiger partial charge < -0.3 is 4.74 Å². The van der Waals surface area contributed by atoms with Crippen molar-refractivity contribution in [3.8, 4) is 11.4 Å². The maximum atomic E-state index is 12.0. The summed E-state index contributed by atoms with van der Waals surface area (Å²) in [6, 6.07) is 6.42. The molecule has 0 N–H and O–H groups in total. The molecule has 96 valence electrons. The number of rotatable bonds is 3. The van der Waals surface area contributed by atoms with Crippen LogP contribution in [0.4, 0.5) is 8.78 Å². The lowest BCUT2D eigenvalue weighted by molar-refractivity contribution is -0.0498. The van der Waals surface area contributed by atoms with Crippen molar-refractivity contribution in [1.29, 1.82) is 0 Å².